The number of fused-ring (bicyclic) bond motifs is 1. The summed E-state index contributed by atoms with van der Waals surface area (Å²) in [6, 6.07) is 17.2. The first kappa shape index (κ1) is 18.7. The Hall–Kier alpha value is -2.04. The highest BCUT2D eigenvalue weighted by Crippen LogP contribution is 2.35. The maximum absolute atomic E-state index is 5.60. The highest BCUT2D eigenvalue weighted by molar-refractivity contribution is 5.45. The highest BCUT2D eigenvalue weighted by Gasteiger charge is 2.22. The van der Waals surface area contributed by atoms with Crippen molar-refractivity contribution in [1.29, 1.82) is 0 Å². The van der Waals surface area contributed by atoms with Crippen LogP contribution in [0.25, 0.3) is 0 Å². The van der Waals surface area contributed by atoms with E-state index in [0.717, 1.165) is 37.4 Å². The molecule has 1 heterocycles. The van der Waals surface area contributed by atoms with Crippen LogP contribution in [0.1, 0.15) is 44.4 Å². The molecular weight excluding hydrogens is 324 g/mol. The van der Waals surface area contributed by atoms with Gasteiger partial charge in [0.15, 0.2) is 11.5 Å². The Bertz CT molecular complexity index is 686. The molecule has 1 aliphatic heterocycles. The summed E-state index contributed by atoms with van der Waals surface area (Å²) in [7, 11) is 0. The fourth-order valence-corrected chi connectivity index (χ4v) is 3.63. The Morgan fingerprint density at radius 2 is 1.69 bits per heavy atom. The van der Waals surface area contributed by atoms with Crippen molar-refractivity contribution in [3.63, 3.8) is 0 Å². The van der Waals surface area contributed by atoms with Crippen molar-refractivity contribution < 1.29 is 9.47 Å². The second-order valence-corrected chi connectivity index (χ2v) is 6.67. The van der Waals surface area contributed by atoms with Gasteiger partial charge >= 0.3 is 0 Å². The largest absolute Gasteiger partial charge is 0.454 e. The Labute approximate surface area is 157 Å². The van der Waals surface area contributed by atoms with Crippen molar-refractivity contribution in [3.05, 3.63) is 59.7 Å². The molecule has 1 N–H and O–H groups in total. The minimum Gasteiger partial charge on any atom is -0.454 e. The van der Waals surface area contributed by atoms with Gasteiger partial charge in [0.2, 0.25) is 6.79 Å². The minimum absolute atomic E-state index is 0.220. The molecule has 0 saturated heterocycles. The van der Waals surface area contributed by atoms with Crippen molar-refractivity contribution in [1.82, 2.24) is 10.2 Å². The van der Waals surface area contributed by atoms with Gasteiger partial charge in [-0.3, -0.25) is 10.2 Å². The van der Waals surface area contributed by atoms with E-state index in [4.69, 9.17) is 9.47 Å². The average molecular weight is 354 g/mol. The van der Waals surface area contributed by atoms with Crippen molar-refractivity contribution in [2.45, 2.75) is 45.8 Å². The van der Waals surface area contributed by atoms with Gasteiger partial charge in [-0.15, -0.1) is 0 Å². The molecule has 0 aliphatic carbocycles. The standard InChI is InChI=1S/C22H30N2O2/c1-4-22(24(5-2)6-3)23-19(14-17-10-8-7-9-11-17)18-12-13-20-21(15-18)26-16-25-20/h7-13,15,19,22-23H,4-6,14,16H2,1-3H3. The van der Waals surface area contributed by atoms with Crippen LogP contribution in [-0.2, 0) is 6.42 Å². The van der Waals surface area contributed by atoms with Gasteiger partial charge in [-0.25, -0.2) is 0 Å². The molecule has 0 saturated carbocycles. The molecule has 4 heteroatoms. The SMILES string of the molecule is CCC(NC(Cc1ccccc1)c1ccc2c(c1)OCO2)N(CC)CC. The third-order valence-corrected chi connectivity index (χ3v) is 5.12. The molecule has 0 amide bonds. The van der Waals surface area contributed by atoms with Crippen LogP contribution in [-0.4, -0.2) is 30.9 Å². The molecule has 0 bridgehead atoms. The van der Waals surface area contributed by atoms with E-state index in [1.807, 2.05) is 6.07 Å². The summed E-state index contributed by atoms with van der Waals surface area (Å²) < 4.78 is 11.1. The maximum atomic E-state index is 5.60. The normalized spacial score (nSPS) is 15.2. The van der Waals surface area contributed by atoms with E-state index < -0.39 is 0 Å². The van der Waals surface area contributed by atoms with Crippen LogP contribution >= 0.6 is 0 Å². The van der Waals surface area contributed by atoms with Crippen LogP contribution in [0, 0.1) is 0 Å². The van der Waals surface area contributed by atoms with E-state index in [1.165, 1.54) is 11.1 Å². The van der Waals surface area contributed by atoms with Crippen molar-refractivity contribution in [2.24, 2.45) is 0 Å². The van der Waals surface area contributed by atoms with Gasteiger partial charge in [-0.1, -0.05) is 57.2 Å². The second kappa shape index (κ2) is 9.06. The third-order valence-electron chi connectivity index (χ3n) is 5.12. The molecule has 1 aliphatic rings. The lowest BCUT2D eigenvalue weighted by Gasteiger charge is -2.33. The van der Waals surface area contributed by atoms with Gasteiger partial charge < -0.3 is 9.47 Å². The monoisotopic (exact) mass is 354 g/mol. The predicted molar refractivity (Wildman–Crippen MR) is 106 cm³/mol. The Balaban J connectivity index is 1.86. The molecule has 4 nitrogen and oxygen atoms in total. The second-order valence-electron chi connectivity index (χ2n) is 6.67. The van der Waals surface area contributed by atoms with Gasteiger partial charge in [-0.05, 0) is 49.2 Å². The van der Waals surface area contributed by atoms with Crippen molar-refractivity contribution in [2.75, 3.05) is 19.9 Å². The Morgan fingerprint density at radius 1 is 0.962 bits per heavy atom. The third kappa shape index (κ3) is 4.37. The minimum atomic E-state index is 0.220. The molecule has 3 rings (SSSR count). The fraction of sp³-hybridized carbons (Fsp3) is 0.455. The molecule has 0 aromatic heterocycles. The first-order chi connectivity index (χ1) is 12.7. The zero-order valence-electron chi connectivity index (χ0n) is 16.1. The van der Waals surface area contributed by atoms with E-state index in [2.05, 4.69) is 73.5 Å². The summed E-state index contributed by atoms with van der Waals surface area (Å²) in [5.41, 5.74) is 2.57. The van der Waals surface area contributed by atoms with Crippen LogP contribution < -0.4 is 14.8 Å². The molecular formula is C22H30N2O2. The van der Waals surface area contributed by atoms with Crippen LogP contribution in [0.15, 0.2) is 48.5 Å². The summed E-state index contributed by atoms with van der Waals surface area (Å²) in [5, 5.41) is 3.89. The molecule has 0 fully saturated rings. The van der Waals surface area contributed by atoms with E-state index in [9.17, 15) is 0 Å². The molecule has 2 unspecified atom stereocenters. The number of nitrogens with one attached hydrogen (secondary N) is 1. The van der Waals surface area contributed by atoms with Gasteiger partial charge in [0.1, 0.15) is 0 Å². The number of benzene rings is 2. The highest BCUT2D eigenvalue weighted by atomic mass is 16.7. The molecule has 2 aromatic carbocycles. The smallest absolute Gasteiger partial charge is 0.231 e. The molecule has 2 aromatic rings. The van der Waals surface area contributed by atoms with Crippen LogP contribution in [0.2, 0.25) is 0 Å². The number of ether oxygens (including phenoxy) is 2. The summed E-state index contributed by atoms with van der Waals surface area (Å²) in [4.78, 5) is 2.48. The van der Waals surface area contributed by atoms with Gasteiger partial charge in [-0.2, -0.15) is 0 Å². The number of rotatable bonds is 9. The molecule has 2 atom stereocenters. The summed E-state index contributed by atoms with van der Waals surface area (Å²) >= 11 is 0. The Kier molecular flexibility index (Phi) is 6.53. The first-order valence-electron chi connectivity index (χ1n) is 9.68. The van der Waals surface area contributed by atoms with Gasteiger partial charge in [0.05, 0.1) is 6.17 Å². The average Bonchev–Trinajstić information content (AvgIpc) is 3.15. The zero-order chi connectivity index (χ0) is 18.4. The molecule has 0 radical (unpaired) electrons. The Morgan fingerprint density at radius 3 is 2.38 bits per heavy atom. The zero-order valence-corrected chi connectivity index (χ0v) is 16.1. The summed E-state index contributed by atoms with van der Waals surface area (Å²) in [6.45, 7) is 9.09. The van der Waals surface area contributed by atoms with Crippen molar-refractivity contribution in [3.8, 4) is 11.5 Å². The lowest BCUT2D eigenvalue weighted by atomic mass is 9.97. The van der Waals surface area contributed by atoms with Crippen LogP contribution in [0.5, 0.6) is 11.5 Å². The topological polar surface area (TPSA) is 33.7 Å². The quantitative estimate of drug-likeness (QED) is 0.678. The summed E-state index contributed by atoms with van der Waals surface area (Å²) in [5.74, 6) is 1.68. The molecule has 0 spiro atoms. The predicted octanol–water partition coefficient (Wildman–Crippen LogP) is 4.37. The van der Waals surface area contributed by atoms with Gasteiger partial charge in [0.25, 0.3) is 0 Å². The maximum Gasteiger partial charge on any atom is 0.231 e. The van der Waals surface area contributed by atoms with E-state index >= 15 is 0 Å². The van der Waals surface area contributed by atoms with Crippen LogP contribution in [0.3, 0.4) is 0 Å². The number of hydrogen-bond acceptors (Lipinski definition) is 4. The first-order valence-corrected chi connectivity index (χ1v) is 9.68. The van der Waals surface area contributed by atoms with Gasteiger partial charge in [0, 0.05) is 6.04 Å². The number of nitrogens with zero attached hydrogens (tertiary/aromatic N) is 1. The van der Waals surface area contributed by atoms with E-state index in [-0.39, 0.29) is 6.04 Å². The van der Waals surface area contributed by atoms with Crippen LogP contribution in [0.4, 0.5) is 0 Å². The lowest BCUT2D eigenvalue weighted by Crippen LogP contribution is -2.47. The summed E-state index contributed by atoms with van der Waals surface area (Å²) in [6.07, 6.45) is 2.36. The fourth-order valence-electron chi connectivity index (χ4n) is 3.63. The lowest BCUT2D eigenvalue weighted by molar-refractivity contribution is 0.161. The van der Waals surface area contributed by atoms with E-state index in [0.29, 0.717) is 13.0 Å². The number of hydrogen-bond donors (Lipinski definition) is 1. The van der Waals surface area contributed by atoms with E-state index in [1.54, 1.807) is 0 Å². The molecule has 140 valence electrons. The van der Waals surface area contributed by atoms with Crippen molar-refractivity contribution >= 4 is 0 Å². The molecule has 26 heavy (non-hydrogen) atoms.